The van der Waals surface area contributed by atoms with Crippen molar-refractivity contribution in [2.75, 3.05) is 0 Å². The summed E-state index contributed by atoms with van der Waals surface area (Å²) in [5, 5.41) is 11.3. The van der Waals surface area contributed by atoms with E-state index in [1.54, 1.807) is 6.07 Å². The normalized spacial score (nSPS) is 16.7. The van der Waals surface area contributed by atoms with Gasteiger partial charge in [0.2, 0.25) is 0 Å². The molecule has 1 unspecified atom stereocenters. The highest BCUT2D eigenvalue weighted by Gasteiger charge is 2.24. The van der Waals surface area contributed by atoms with Crippen LogP contribution < -0.4 is 5.73 Å². The Morgan fingerprint density at radius 2 is 1.90 bits per heavy atom. The van der Waals surface area contributed by atoms with E-state index in [-0.39, 0.29) is 18.4 Å². The van der Waals surface area contributed by atoms with Gasteiger partial charge in [-0.15, -0.1) is 12.4 Å². The number of nitrogens with two attached hydrogens (primary N) is 1. The van der Waals surface area contributed by atoms with Crippen LogP contribution >= 0.6 is 12.4 Å². The van der Waals surface area contributed by atoms with E-state index in [2.05, 4.69) is 17.1 Å². The molecule has 1 atom stereocenters. The average molecular weight is 301 g/mol. The number of phenols is 1. The van der Waals surface area contributed by atoms with Crippen LogP contribution in [0.5, 0.6) is 5.75 Å². The summed E-state index contributed by atoms with van der Waals surface area (Å²) in [4.78, 5) is 3.46. The van der Waals surface area contributed by atoms with E-state index in [0.717, 1.165) is 29.6 Å². The lowest BCUT2D eigenvalue weighted by molar-refractivity contribution is 0.477. The summed E-state index contributed by atoms with van der Waals surface area (Å²) in [6.45, 7) is 0. The van der Waals surface area contributed by atoms with Crippen LogP contribution in [0.15, 0.2) is 42.5 Å². The number of benzene rings is 2. The maximum absolute atomic E-state index is 10.1. The fourth-order valence-corrected chi connectivity index (χ4v) is 3.28. The van der Waals surface area contributed by atoms with Crippen LogP contribution in [0.3, 0.4) is 0 Å². The number of hydrogen-bond donors (Lipinski definition) is 3. The van der Waals surface area contributed by atoms with E-state index in [4.69, 9.17) is 5.73 Å². The number of nitrogens with one attached hydrogen (secondary N) is 1. The Hall–Kier alpha value is -1.97. The Morgan fingerprint density at radius 1 is 1.10 bits per heavy atom. The fraction of sp³-hybridized carbons (Fsp3) is 0.176. The van der Waals surface area contributed by atoms with Crippen LogP contribution in [0.25, 0.3) is 22.2 Å². The number of rotatable bonds is 1. The lowest BCUT2D eigenvalue weighted by Gasteiger charge is -2.20. The Bertz CT molecular complexity index is 810. The van der Waals surface area contributed by atoms with Gasteiger partial charge in [-0.2, -0.15) is 0 Å². The molecule has 2 aromatic carbocycles. The van der Waals surface area contributed by atoms with Crippen molar-refractivity contribution in [2.45, 2.75) is 18.9 Å². The predicted molar refractivity (Wildman–Crippen MR) is 87.9 cm³/mol. The molecule has 0 amide bonds. The Kier molecular flexibility index (Phi) is 3.40. The lowest BCUT2D eigenvalue weighted by atomic mass is 9.87. The molecule has 0 saturated heterocycles. The summed E-state index contributed by atoms with van der Waals surface area (Å²) in [6.07, 6.45) is 1.90. The van der Waals surface area contributed by atoms with Crippen molar-refractivity contribution in [3.8, 4) is 17.0 Å². The van der Waals surface area contributed by atoms with Gasteiger partial charge in [0, 0.05) is 22.5 Å². The first-order chi connectivity index (χ1) is 9.75. The number of aromatic amines is 1. The molecule has 1 aromatic heterocycles. The standard InChI is InChI=1S/C17H16N2O.ClH/c18-13-9-8-12-16-10(13)5-3-6-14(16)19-17(12)11-4-1-2-7-15(11)20;/h1-7,13,19-20H,8-9,18H2;1H. The molecule has 0 spiro atoms. The van der Waals surface area contributed by atoms with E-state index in [0.29, 0.717) is 5.75 Å². The predicted octanol–water partition coefficient (Wildman–Crippen LogP) is 3.91. The number of H-pyrrole nitrogens is 1. The van der Waals surface area contributed by atoms with Gasteiger partial charge in [0.05, 0.1) is 5.69 Å². The highest BCUT2D eigenvalue weighted by Crippen LogP contribution is 2.41. The van der Waals surface area contributed by atoms with Crippen molar-refractivity contribution in [1.82, 2.24) is 4.98 Å². The first-order valence-corrected chi connectivity index (χ1v) is 6.93. The van der Waals surface area contributed by atoms with Crippen LogP contribution in [0, 0.1) is 0 Å². The molecule has 0 saturated carbocycles. The first-order valence-electron chi connectivity index (χ1n) is 6.93. The largest absolute Gasteiger partial charge is 0.507 e. The van der Waals surface area contributed by atoms with Gasteiger partial charge < -0.3 is 15.8 Å². The second-order valence-electron chi connectivity index (χ2n) is 5.41. The molecule has 0 radical (unpaired) electrons. The van der Waals surface area contributed by atoms with Crippen LogP contribution in [-0.4, -0.2) is 10.1 Å². The molecular formula is C17H17ClN2O. The maximum Gasteiger partial charge on any atom is 0.124 e. The summed E-state index contributed by atoms with van der Waals surface area (Å²) < 4.78 is 0. The van der Waals surface area contributed by atoms with Gasteiger partial charge in [0.1, 0.15) is 5.75 Å². The zero-order valence-electron chi connectivity index (χ0n) is 11.5. The molecule has 4 heteroatoms. The molecule has 0 bridgehead atoms. The van der Waals surface area contributed by atoms with Crippen LogP contribution in [-0.2, 0) is 6.42 Å². The minimum atomic E-state index is 0. The Labute approximate surface area is 129 Å². The molecule has 3 aromatic rings. The number of aromatic hydroxyl groups is 1. The van der Waals surface area contributed by atoms with Gasteiger partial charge in [-0.1, -0.05) is 24.3 Å². The summed E-state index contributed by atoms with van der Waals surface area (Å²) in [5.41, 5.74) is 11.7. The lowest BCUT2D eigenvalue weighted by Crippen LogP contribution is -2.15. The highest BCUT2D eigenvalue weighted by molar-refractivity contribution is 5.95. The van der Waals surface area contributed by atoms with Gasteiger partial charge in [0.25, 0.3) is 0 Å². The van der Waals surface area contributed by atoms with Crippen LogP contribution in [0.2, 0.25) is 0 Å². The molecule has 1 heterocycles. The van der Waals surface area contributed by atoms with Crippen molar-refractivity contribution in [3.05, 3.63) is 53.6 Å². The van der Waals surface area contributed by atoms with Gasteiger partial charge >= 0.3 is 0 Å². The number of phenolic OH excluding ortho intramolecular Hbond substituents is 1. The van der Waals surface area contributed by atoms with Crippen molar-refractivity contribution in [2.24, 2.45) is 5.73 Å². The molecule has 108 valence electrons. The number of para-hydroxylation sites is 1. The summed E-state index contributed by atoms with van der Waals surface area (Å²) in [6, 6.07) is 13.8. The molecule has 1 aliphatic carbocycles. The van der Waals surface area contributed by atoms with E-state index >= 15 is 0 Å². The highest BCUT2D eigenvalue weighted by atomic mass is 35.5. The third-order valence-electron chi connectivity index (χ3n) is 4.24. The second kappa shape index (κ2) is 5.10. The minimum Gasteiger partial charge on any atom is -0.507 e. The van der Waals surface area contributed by atoms with Crippen molar-refractivity contribution in [3.63, 3.8) is 0 Å². The van der Waals surface area contributed by atoms with Crippen molar-refractivity contribution in [1.29, 1.82) is 0 Å². The third kappa shape index (κ3) is 2.01. The molecule has 1 aliphatic rings. The van der Waals surface area contributed by atoms with E-state index < -0.39 is 0 Å². The van der Waals surface area contributed by atoms with E-state index in [9.17, 15) is 5.11 Å². The van der Waals surface area contributed by atoms with Gasteiger partial charge in [-0.25, -0.2) is 0 Å². The Balaban J connectivity index is 0.00000132. The van der Waals surface area contributed by atoms with Crippen molar-refractivity contribution < 1.29 is 5.11 Å². The SMILES string of the molecule is Cl.NC1CCc2c(-c3ccccc3O)[nH]c3cccc1c23. The molecule has 0 fully saturated rings. The van der Waals surface area contributed by atoms with E-state index in [1.165, 1.54) is 16.5 Å². The zero-order valence-corrected chi connectivity index (χ0v) is 12.3. The van der Waals surface area contributed by atoms with Crippen LogP contribution in [0.1, 0.15) is 23.6 Å². The Morgan fingerprint density at radius 3 is 2.71 bits per heavy atom. The summed E-state index contributed by atoms with van der Waals surface area (Å²) in [7, 11) is 0. The number of hydrogen-bond acceptors (Lipinski definition) is 2. The van der Waals surface area contributed by atoms with Gasteiger partial charge in [0.15, 0.2) is 0 Å². The molecule has 3 nitrogen and oxygen atoms in total. The maximum atomic E-state index is 10.1. The molecule has 21 heavy (non-hydrogen) atoms. The van der Waals surface area contributed by atoms with Gasteiger partial charge in [-0.05, 0) is 42.2 Å². The minimum absolute atomic E-state index is 0. The third-order valence-corrected chi connectivity index (χ3v) is 4.24. The van der Waals surface area contributed by atoms with Gasteiger partial charge in [-0.3, -0.25) is 0 Å². The smallest absolute Gasteiger partial charge is 0.124 e. The molecule has 4 N–H and O–H groups in total. The fourth-order valence-electron chi connectivity index (χ4n) is 3.28. The average Bonchev–Trinajstić information content (AvgIpc) is 2.83. The second-order valence-corrected chi connectivity index (χ2v) is 5.41. The number of aromatic nitrogens is 1. The van der Waals surface area contributed by atoms with E-state index in [1.807, 2.05) is 24.3 Å². The summed E-state index contributed by atoms with van der Waals surface area (Å²) in [5.74, 6) is 0.312. The zero-order chi connectivity index (χ0) is 13.7. The molecular weight excluding hydrogens is 284 g/mol. The monoisotopic (exact) mass is 300 g/mol. The molecule has 4 rings (SSSR count). The quantitative estimate of drug-likeness (QED) is 0.638. The topological polar surface area (TPSA) is 62.0 Å². The first kappa shape index (κ1) is 14.0. The molecule has 0 aliphatic heterocycles. The summed E-state index contributed by atoms with van der Waals surface area (Å²) >= 11 is 0. The number of halogens is 1. The number of aryl methyl sites for hydroxylation is 1. The van der Waals surface area contributed by atoms with Crippen molar-refractivity contribution >= 4 is 23.3 Å². The van der Waals surface area contributed by atoms with Crippen LogP contribution in [0.4, 0.5) is 0 Å².